The summed E-state index contributed by atoms with van der Waals surface area (Å²) in [6, 6.07) is -9.37. The molecule has 0 radical (unpaired) electrons. The normalized spacial score (nSPS) is 15.4. The molecule has 0 spiro atoms. The number of hydrogen-bond acceptors (Lipinski definition) is 13. The first-order valence-corrected chi connectivity index (χ1v) is 14.4. The van der Waals surface area contributed by atoms with Crippen LogP contribution in [0.5, 0.6) is 0 Å². The smallest absolute Gasteiger partial charge is 0.328 e. The number of nitrogens with one attached hydrogen (secondary N) is 6. The fraction of sp³-hybridized carbons (Fsp3) is 0.692. The van der Waals surface area contributed by atoms with E-state index in [0.29, 0.717) is 0 Å². The Morgan fingerprint density at radius 2 is 1.17 bits per heavy atom. The molecule has 15 N–H and O–H groups in total. The van der Waals surface area contributed by atoms with Crippen LogP contribution >= 0.6 is 0 Å². The van der Waals surface area contributed by atoms with Gasteiger partial charge in [0.1, 0.15) is 36.3 Å². The highest BCUT2D eigenvalue weighted by Gasteiger charge is 2.34. The first-order chi connectivity index (χ1) is 21.9. The van der Waals surface area contributed by atoms with Gasteiger partial charge in [0.25, 0.3) is 0 Å². The molecule has 0 saturated carbocycles. The summed E-state index contributed by atoms with van der Waals surface area (Å²) in [6.07, 6.45) is -2.41. The number of hydrogen-bond donors (Lipinski definition) is 13. The molecule has 0 aromatic rings. The van der Waals surface area contributed by atoms with Crippen LogP contribution in [0.2, 0.25) is 0 Å². The number of aliphatic hydroxyl groups excluding tert-OH is 4. The highest BCUT2D eigenvalue weighted by atomic mass is 16.4. The summed E-state index contributed by atoms with van der Waals surface area (Å²) >= 11 is 0. The number of nitrogens with two attached hydrogens (primary N) is 2. The molecule has 0 aliphatic carbocycles. The number of aliphatic carboxylic acids is 1. The van der Waals surface area contributed by atoms with Crippen LogP contribution < -0.4 is 43.4 Å². The van der Waals surface area contributed by atoms with E-state index in [2.05, 4.69) is 26.6 Å². The third-order valence-electron chi connectivity index (χ3n) is 6.30. The Labute approximate surface area is 269 Å². The van der Waals surface area contributed by atoms with E-state index in [1.54, 1.807) is 13.8 Å². The summed E-state index contributed by atoms with van der Waals surface area (Å²) in [6.45, 7) is 1.17. The van der Waals surface area contributed by atoms with Gasteiger partial charge in [-0.3, -0.25) is 33.6 Å². The molecule has 21 heteroatoms. The van der Waals surface area contributed by atoms with Gasteiger partial charge < -0.3 is 68.9 Å². The van der Waals surface area contributed by atoms with Gasteiger partial charge in [0, 0.05) is 6.42 Å². The van der Waals surface area contributed by atoms with Crippen LogP contribution in [0.1, 0.15) is 40.0 Å². The van der Waals surface area contributed by atoms with Crippen molar-refractivity contribution in [2.75, 3.05) is 26.4 Å². The molecule has 21 nitrogen and oxygen atoms in total. The maximum Gasteiger partial charge on any atom is 0.328 e. The lowest BCUT2D eigenvalue weighted by atomic mass is 10.0. The zero-order chi connectivity index (χ0) is 36.4. The van der Waals surface area contributed by atoms with Crippen molar-refractivity contribution in [2.45, 2.75) is 82.4 Å². The number of carbonyl (C=O) groups excluding carboxylic acids is 7. The van der Waals surface area contributed by atoms with Crippen LogP contribution in [0.3, 0.4) is 0 Å². The molecular formula is C26H46N8O13. The third kappa shape index (κ3) is 16.1. The number of rotatable bonds is 22. The van der Waals surface area contributed by atoms with Crippen LogP contribution in [-0.2, 0) is 38.4 Å². The van der Waals surface area contributed by atoms with Crippen LogP contribution in [0.15, 0.2) is 0 Å². The number of carboxylic acid groups (broad SMARTS) is 1. The Bertz CT molecular complexity index is 1120. The quantitative estimate of drug-likeness (QED) is 0.0506. The molecule has 0 heterocycles. The molecule has 0 unspecified atom stereocenters. The molecule has 0 aliphatic heterocycles. The monoisotopic (exact) mass is 678 g/mol. The lowest BCUT2D eigenvalue weighted by Gasteiger charge is -2.28. The molecule has 268 valence electrons. The van der Waals surface area contributed by atoms with Crippen LogP contribution in [-0.4, -0.2) is 142 Å². The lowest BCUT2D eigenvalue weighted by Crippen LogP contribution is -2.61. The highest BCUT2D eigenvalue weighted by molar-refractivity contribution is 5.96. The molecule has 47 heavy (non-hydrogen) atoms. The SMILES string of the molecule is CC(C)C[C@H](NC(=O)[C@@H](NC(=O)[C@H](CO)NC(=O)CNC(=O)[C@@H](N)CO)[C@@H](C)O)C(=O)N[C@@H](CCC(N)=O)C(=O)N[C@@H](CO)C(=O)O. The van der Waals surface area contributed by atoms with Gasteiger partial charge in [-0.2, -0.15) is 0 Å². The minimum absolute atomic E-state index is 0.0441. The molecule has 0 aromatic heterocycles. The van der Waals surface area contributed by atoms with Crippen molar-refractivity contribution >= 4 is 47.3 Å². The van der Waals surface area contributed by atoms with E-state index in [9.17, 15) is 53.7 Å². The van der Waals surface area contributed by atoms with E-state index in [4.69, 9.17) is 21.7 Å². The fourth-order valence-electron chi connectivity index (χ4n) is 3.73. The van der Waals surface area contributed by atoms with Crippen LogP contribution in [0, 0.1) is 5.92 Å². The van der Waals surface area contributed by atoms with E-state index in [-0.39, 0.29) is 18.8 Å². The standard InChI is InChI=1S/C26H46N8O13/c1-11(2)6-15(23(43)31-14(4-5-18(28)39)22(42)33-17(10-37)26(46)47)32-25(45)20(12(3)38)34-24(44)16(9-36)30-19(40)7-29-21(41)13(27)8-35/h11-17,20,35-38H,4-10,27H2,1-3H3,(H2,28,39)(H,29,41)(H,30,40)(H,31,43)(H,32,45)(H,33,42)(H,34,44)(H,46,47)/t12-,13+,14+,15+,16+,17+,20+/m1/s1. The summed E-state index contributed by atoms with van der Waals surface area (Å²) in [5, 5.41) is 60.1. The van der Waals surface area contributed by atoms with Gasteiger partial charge in [-0.15, -0.1) is 0 Å². The number of carbonyl (C=O) groups is 8. The van der Waals surface area contributed by atoms with Gasteiger partial charge >= 0.3 is 5.97 Å². The van der Waals surface area contributed by atoms with Crippen molar-refractivity contribution in [1.82, 2.24) is 31.9 Å². The maximum absolute atomic E-state index is 13.3. The maximum atomic E-state index is 13.3. The topological polar surface area (TPSA) is 362 Å². The van der Waals surface area contributed by atoms with E-state index in [0.717, 1.165) is 6.92 Å². The highest BCUT2D eigenvalue weighted by Crippen LogP contribution is 2.08. The molecule has 0 aromatic carbocycles. The Morgan fingerprint density at radius 1 is 0.660 bits per heavy atom. The molecule has 0 aliphatic rings. The second-order valence-electron chi connectivity index (χ2n) is 10.9. The van der Waals surface area contributed by atoms with E-state index in [1.165, 1.54) is 0 Å². The van der Waals surface area contributed by atoms with Crippen molar-refractivity contribution in [3.63, 3.8) is 0 Å². The van der Waals surface area contributed by atoms with Crippen LogP contribution in [0.4, 0.5) is 0 Å². The van der Waals surface area contributed by atoms with Crippen molar-refractivity contribution in [3.8, 4) is 0 Å². The molecule has 0 fully saturated rings. The first kappa shape index (κ1) is 42.6. The van der Waals surface area contributed by atoms with Crippen molar-refractivity contribution in [3.05, 3.63) is 0 Å². The van der Waals surface area contributed by atoms with E-state index < -0.39 is 122 Å². The lowest BCUT2D eigenvalue weighted by molar-refractivity contribution is -0.143. The predicted octanol–water partition coefficient (Wildman–Crippen LogP) is -7.39. The predicted molar refractivity (Wildman–Crippen MR) is 159 cm³/mol. The molecular weight excluding hydrogens is 632 g/mol. The Hall–Kier alpha value is -4.44. The minimum Gasteiger partial charge on any atom is -0.480 e. The first-order valence-electron chi connectivity index (χ1n) is 14.4. The molecule has 7 atom stereocenters. The van der Waals surface area contributed by atoms with Gasteiger partial charge in [-0.25, -0.2) is 4.79 Å². The van der Waals surface area contributed by atoms with Crippen molar-refractivity contribution < 1.29 is 63.9 Å². The van der Waals surface area contributed by atoms with Gasteiger partial charge in [-0.05, 0) is 25.7 Å². The van der Waals surface area contributed by atoms with Gasteiger partial charge in [-0.1, -0.05) is 13.8 Å². The van der Waals surface area contributed by atoms with Gasteiger partial charge in [0.05, 0.1) is 32.5 Å². The van der Waals surface area contributed by atoms with Crippen molar-refractivity contribution in [2.24, 2.45) is 17.4 Å². The summed E-state index contributed by atoms with van der Waals surface area (Å²) in [5.74, 6) is -8.75. The molecule has 0 bridgehead atoms. The van der Waals surface area contributed by atoms with Gasteiger partial charge in [0.15, 0.2) is 0 Å². The second-order valence-corrected chi connectivity index (χ2v) is 10.9. The third-order valence-corrected chi connectivity index (χ3v) is 6.30. The molecule has 0 saturated heterocycles. The largest absolute Gasteiger partial charge is 0.480 e. The second kappa shape index (κ2) is 21.4. The Kier molecular flexibility index (Phi) is 19.4. The fourth-order valence-corrected chi connectivity index (χ4v) is 3.73. The average molecular weight is 679 g/mol. The Balaban J connectivity index is 5.79. The zero-order valence-corrected chi connectivity index (χ0v) is 26.2. The number of amides is 7. The Morgan fingerprint density at radius 3 is 1.64 bits per heavy atom. The molecule has 7 amide bonds. The minimum atomic E-state index is -1.74. The van der Waals surface area contributed by atoms with E-state index in [1.807, 2.05) is 5.32 Å². The van der Waals surface area contributed by atoms with Gasteiger partial charge in [0.2, 0.25) is 41.4 Å². The number of carboxylic acids is 1. The number of aliphatic hydroxyl groups is 4. The van der Waals surface area contributed by atoms with E-state index >= 15 is 0 Å². The summed E-state index contributed by atoms with van der Waals surface area (Å²) in [5.41, 5.74) is 10.5. The summed E-state index contributed by atoms with van der Waals surface area (Å²) < 4.78 is 0. The van der Waals surface area contributed by atoms with Crippen LogP contribution in [0.25, 0.3) is 0 Å². The zero-order valence-electron chi connectivity index (χ0n) is 26.2. The summed E-state index contributed by atoms with van der Waals surface area (Å²) in [4.78, 5) is 98.3. The number of primary amides is 1. The molecule has 0 rings (SSSR count). The summed E-state index contributed by atoms with van der Waals surface area (Å²) in [7, 11) is 0. The average Bonchev–Trinajstić information content (AvgIpc) is 2.99. The van der Waals surface area contributed by atoms with Crippen molar-refractivity contribution in [1.29, 1.82) is 0 Å².